The highest BCUT2D eigenvalue weighted by Crippen LogP contribution is 2.29. The molecular weight excluding hydrogens is 483 g/mol. The highest BCUT2D eigenvalue weighted by Gasteiger charge is 2.20. The van der Waals surface area contributed by atoms with E-state index in [1.54, 1.807) is 26.4 Å². The fraction of sp³-hybridized carbons (Fsp3) is 0.571. The van der Waals surface area contributed by atoms with E-state index < -0.39 is 6.10 Å². The lowest BCUT2D eigenvalue weighted by molar-refractivity contribution is 0.181. The van der Waals surface area contributed by atoms with Crippen LogP contribution in [0.1, 0.15) is 31.4 Å². The van der Waals surface area contributed by atoms with Crippen molar-refractivity contribution in [3.63, 3.8) is 0 Å². The SMILES string of the molecule is C=CCN1CCC(NC(=NCC(O)c2cc(OC)ccc2OC)NCC)CC1.I. The number of nitrogens with one attached hydrogen (secondary N) is 2. The Bertz CT molecular complexity index is 649. The monoisotopic (exact) mass is 518 g/mol. The van der Waals surface area contributed by atoms with Crippen LogP contribution in [0.5, 0.6) is 11.5 Å². The second-order valence-corrected chi connectivity index (χ2v) is 6.85. The summed E-state index contributed by atoms with van der Waals surface area (Å²) < 4.78 is 10.6. The summed E-state index contributed by atoms with van der Waals surface area (Å²) in [7, 11) is 3.19. The molecule has 164 valence electrons. The number of benzene rings is 1. The number of nitrogens with zero attached hydrogens (tertiary/aromatic N) is 2. The first-order valence-electron chi connectivity index (χ1n) is 9.89. The number of hydrogen-bond donors (Lipinski definition) is 3. The summed E-state index contributed by atoms with van der Waals surface area (Å²) in [5.41, 5.74) is 0.666. The van der Waals surface area contributed by atoms with Crippen molar-refractivity contribution >= 4 is 29.9 Å². The number of methoxy groups -OCH3 is 2. The molecule has 0 saturated carbocycles. The first-order valence-corrected chi connectivity index (χ1v) is 9.89. The van der Waals surface area contributed by atoms with Crippen LogP contribution in [-0.2, 0) is 0 Å². The lowest BCUT2D eigenvalue weighted by Crippen LogP contribution is -2.48. The zero-order valence-corrected chi connectivity index (χ0v) is 20.0. The van der Waals surface area contributed by atoms with E-state index in [9.17, 15) is 5.11 Å². The molecule has 1 heterocycles. The van der Waals surface area contributed by atoms with E-state index in [0.29, 0.717) is 23.1 Å². The van der Waals surface area contributed by atoms with Crippen molar-refractivity contribution in [3.8, 4) is 11.5 Å². The smallest absolute Gasteiger partial charge is 0.191 e. The van der Waals surface area contributed by atoms with E-state index in [0.717, 1.165) is 45.0 Å². The number of aliphatic hydroxyl groups excluding tert-OH is 1. The molecule has 1 atom stereocenters. The minimum Gasteiger partial charge on any atom is -0.497 e. The van der Waals surface area contributed by atoms with Crippen LogP contribution in [-0.4, -0.2) is 69.0 Å². The number of likely N-dealkylation sites (tertiary alicyclic amines) is 1. The normalized spacial score (nSPS) is 16.5. The topological polar surface area (TPSA) is 78.4 Å². The van der Waals surface area contributed by atoms with Crippen molar-refractivity contribution < 1.29 is 14.6 Å². The van der Waals surface area contributed by atoms with Crippen molar-refractivity contribution in [2.75, 3.05) is 46.9 Å². The minimum atomic E-state index is -0.782. The van der Waals surface area contributed by atoms with Gasteiger partial charge in [0.05, 0.1) is 20.8 Å². The van der Waals surface area contributed by atoms with E-state index >= 15 is 0 Å². The fourth-order valence-electron chi connectivity index (χ4n) is 3.33. The zero-order chi connectivity index (χ0) is 20.4. The quantitative estimate of drug-likeness (QED) is 0.202. The van der Waals surface area contributed by atoms with Crippen LogP contribution < -0.4 is 20.1 Å². The Kier molecular flexibility index (Phi) is 12.0. The first kappa shape index (κ1) is 25.5. The maximum absolute atomic E-state index is 10.7. The van der Waals surface area contributed by atoms with Crippen LogP contribution in [0.25, 0.3) is 0 Å². The second kappa shape index (κ2) is 13.7. The van der Waals surface area contributed by atoms with Crippen molar-refractivity contribution in [1.82, 2.24) is 15.5 Å². The molecule has 1 saturated heterocycles. The molecule has 8 heteroatoms. The average Bonchev–Trinajstić information content (AvgIpc) is 2.73. The molecule has 1 fully saturated rings. The van der Waals surface area contributed by atoms with Gasteiger partial charge in [-0.15, -0.1) is 30.6 Å². The Hall–Kier alpha value is -1.52. The Morgan fingerprint density at radius 1 is 1.34 bits per heavy atom. The van der Waals surface area contributed by atoms with Crippen molar-refractivity contribution in [2.24, 2.45) is 4.99 Å². The predicted molar refractivity (Wildman–Crippen MR) is 129 cm³/mol. The highest BCUT2D eigenvalue weighted by molar-refractivity contribution is 14.0. The number of hydrogen-bond acceptors (Lipinski definition) is 5. The lowest BCUT2D eigenvalue weighted by atomic mass is 10.1. The van der Waals surface area contributed by atoms with Gasteiger partial charge in [0.1, 0.15) is 17.6 Å². The van der Waals surface area contributed by atoms with Gasteiger partial charge in [-0.1, -0.05) is 6.08 Å². The summed E-state index contributed by atoms with van der Waals surface area (Å²) in [4.78, 5) is 6.99. The van der Waals surface area contributed by atoms with Gasteiger partial charge < -0.3 is 25.2 Å². The fourth-order valence-corrected chi connectivity index (χ4v) is 3.33. The molecule has 0 aliphatic carbocycles. The summed E-state index contributed by atoms with van der Waals surface area (Å²) >= 11 is 0. The average molecular weight is 518 g/mol. The number of piperidine rings is 1. The second-order valence-electron chi connectivity index (χ2n) is 6.85. The van der Waals surface area contributed by atoms with Crippen LogP contribution in [0.4, 0.5) is 0 Å². The van der Waals surface area contributed by atoms with Gasteiger partial charge in [0.15, 0.2) is 5.96 Å². The number of guanidine groups is 1. The van der Waals surface area contributed by atoms with Crippen LogP contribution in [0.3, 0.4) is 0 Å². The summed E-state index contributed by atoms with van der Waals surface area (Å²) in [5, 5.41) is 17.4. The molecule has 1 aliphatic rings. The van der Waals surface area contributed by atoms with Crippen LogP contribution >= 0.6 is 24.0 Å². The molecule has 7 nitrogen and oxygen atoms in total. The van der Waals surface area contributed by atoms with Gasteiger partial charge in [-0.25, -0.2) is 0 Å². The Labute approximate surface area is 191 Å². The van der Waals surface area contributed by atoms with E-state index in [-0.39, 0.29) is 30.5 Å². The number of aliphatic hydroxyl groups is 1. The minimum absolute atomic E-state index is 0. The summed E-state index contributed by atoms with van der Waals surface area (Å²) in [5.74, 6) is 2.02. The van der Waals surface area contributed by atoms with Gasteiger partial charge in [-0.2, -0.15) is 0 Å². The molecule has 1 unspecified atom stereocenters. The summed E-state index contributed by atoms with van der Waals surface area (Å²) in [6.07, 6.45) is 3.29. The van der Waals surface area contributed by atoms with Gasteiger partial charge in [0.2, 0.25) is 0 Å². The number of ether oxygens (including phenoxy) is 2. The van der Waals surface area contributed by atoms with Gasteiger partial charge in [0.25, 0.3) is 0 Å². The van der Waals surface area contributed by atoms with E-state index in [2.05, 4.69) is 27.1 Å². The molecule has 2 rings (SSSR count). The van der Waals surface area contributed by atoms with Gasteiger partial charge in [-0.05, 0) is 38.0 Å². The van der Waals surface area contributed by atoms with E-state index in [4.69, 9.17) is 9.47 Å². The Morgan fingerprint density at radius 3 is 2.66 bits per heavy atom. The summed E-state index contributed by atoms with van der Waals surface area (Å²) in [6, 6.07) is 5.77. The lowest BCUT2D eigenvalue weighted by Gasteiger charge is -2.32. The molecular formula is C21H35IN4O3. The first-order chi connectivity index (χ1) is 13.6. The molecule has 29 heavy (non-hydrogen) atoms. The largest absolute Gasteiger partial charge is 0.497 e. The van der Waals surface area contributed by atoms with Gasteiger partial charge >= 0.3 is 0 Å². The van der Waals surface area contributed by atoms with Crippen LogP contribution in [0, 0.1) is 0 Å². The standard InChI is InChI=1S/C21H34N4O3.HI/c1-5-11-25-12-9-16(10-13-25)24-21(22-6-2)23-15-19(26)18-14-17(27-3)7-8-20(18)28-4;/h5,7-8,14,16,19,26H,1,6,9-13,15H2,2-4H3,(H2,22,23,24);1H. The van der Waals surface area contributed by atoms with Crippen molar-refractivity contribution in [1.29, 1.82) is 0 Å². The molecule has 0 spiro atoms. The number of aliphatic imine (C=N–C) groups is 1. The maximum Gasteiger partial charge on any atom is 0.191 e. The van der Waals surface area contributed by atoms with Gasteiger partial charge in [-0.3, -0.25) is 9.89 Å². The molecule has 1 aromatic rings. The number of halogens is 1. The highest BCUT2D eigenvalue weighted by atomic mass is 127. The van der Waals surface area contributed by atoms with Gasteiger partial charge in [0, 0.05) is 37.8 Å². The molecule has 1 aromatic carbocycles. The van der Waals surface area contributed by atoms with E-state index in [1.165, 1.54) is 0 Å². The third kappa shape index (κ3) is 8.02. The van der Waals surface area contributed by atoms with Crippen molar-refractivity contribution in [2.45, 2.75) is 31.9 Å². The van der Waals surface area contributed by atoms with E-state index in [1.807, 2.05) is 19.1 Å². The number of rotatable bonds is 9. The molecule has 0 bridgehead atoms. The van der Waals surface area contributed by atoms with Crippen LogP contribution in [0.2, 0.25) is 0 Å². The maximum atomic E-state index is 10.7. The Morgan fingerprint density at radius 2 is 2.07 bits per heavy atom. The predicted octanol–water partition coefficient (Wildman–Crippen LogP) is 2.56. The third-order valence-electron chi connectivity index (χ3n) is 4.88. The Balaban J connectivity index is 0.00000420. The van der Waals surface area contributed by atoms with Crippen LogP contribution in [0.15, 0.2) is 35.8 Å². The molecule has 0 radical (unpaired) electrons. The van der Waals surface area contributed by atoms with Crippen molar-refractivity contribution in [3.05, 3.63) is 36.4 Å². The third-order valence-corrected chi connectivity index (χ3v) is 4.88. The zero-order valence-electron chi connectivity index (χ0n) is 17.7. The molecule has 0 aromatic heterocycles. The molecule has 3 N–H and O–H groups in total. The summed E-state index contributed by atoms with van der Waals surface area (Å²) in [6.45, 7) is 9.87. The molecule has 0 amide bonds. The molecule has 1 aliphatic heterocycles.